The van der Waals surface area contributed by atoms with E-state index < -0.39 is 0 Å². The molecule has 1 heterocycles. The van der Waals surface area contributed by atoms with Gasteiger partial charge in [0, 0.05) is 22.5 Å². The molecule has 2 atom stereocenters. The maximum absolute atomic E-state index is 14.4. The number of H-pyrrole nitrogens is 1. The number of nitrogen functional groups attached to an aromatic ring is 1. The summed E-state index contributed by atoms with van der Waals surface area (Å²) in [4.78, 5) is 15.6. The van der Waals surface area contributed by atoms with E-state index in [9.17, 15) is 9.18 Å². The van der Waals surface area contributed by atoms with E-state index in [0.717, 1.165) is 48.2 Å². The van der Waals surface area contributed by atoms with Gasteiger partial charge in [-0.2, -0.15) is 0 Å². The number of rotatable bonds is 6. The smallest absolute Gasteiger partial charge is 0.283 e. The number of nitrogens with one attached hydrogen (secondary N) is 3. The number of anilines is 3. The quantitative estimate of drug-likeness (QED) is 0.274. The maximum atomic E-state index is 14.4. The summed E-state index contributed by atoms with van der Waals surface area (Å²) >= 11 is 1.38. The third kappa shape index (κ3) is 5.04. The lowest BCUT2D eigenvalue weighted by Crippen LogP contribution is -2.19. The van der Waals surface area contributed by atoms with Gasteiger partial charge in [0.05, 0.1) is 22.9 Å². The van der Waals surface area contributed by atoms with Crippen LogP contribution >= 0.6 is 11.8 Å². The zero-order valence-corrected chi connectivity index (χ0v) is 20.4. The van der Waals surface area contributed by atoms with E-state index in [-0.39, 0.29) is 17.1 Å². The fourth-order valence-electron chi connectivity index (χ4n) is 5.63. The number of aromatic nitrogens is 1. The summed E-state index contributed by atoms with van der Waals surface area (Å²) in [5.74, 6) is 0.498. The molecule has 2 aromatic carbocycles. The lowest BCUT2D eigenvalue weighted by atomic mass is 9.86. The first-order valence-corrected chi connectivity index (χ1v) is 13.3. The fraction of sp³-hybridized carbons (Fsp3) is 0.444. The molecule has 2 aliphatic carbocycles. The van der Waals surface area contributed by atoms with E-state index in [1.54, 1.807) is 6.20 Å². The maximum Gasteiger partial charge on any atom is 0.283 e. The SMILES string of the molecule is CC(CC1CCCC1)SC(=O)Nc1cc2c(cc1N)C(Nc1cc(F)c3[nH]ccc3c1)CCC2. The Morgan fingerprint density at radius 2 is 2.03 bits per heavy atom. The second-order valence-electron chi connectivity index (χ2n) is 9.85. The first kappa shape index (κ1) is 23.1. The molecule has 7 heteroatoms. The molecule has 5 N–H and O–H groups in total. The van der Waals surface area contributed by atoms with Gasteiger partial charge in [0.2, 0.25) is 0 Å². The number of thioether (sulfide) groups is 1. The van der Waals surface area contributed by atoms with Crippen molar-refractivity contribution in [3.8, 4) is 0 Å². The van der Waals surface area contributed by atoms with Gasteiger partial charge < -0.3 is 21.4 Å². The molecule has 1 saturated carbocycles. The van der Waals surface area contributed by atoms with Crippen molar-refractivity contribution < 1.29 is 9.18 Å². The Bertz CT molecular complexity index is 1190. The summed E-state index contributed by atoms with van der Waals surface area (Å²) in [5.41, 5.74) is 11.2. The van der Waals surface area contributed by atoms with Gasteiger partial charge in [-0.15, -0.1) is 0 Å². The molecule has 2 unspecified atom stereocenters. The molecule has 1 fully saturated rings. The number of hydrogen-bond donors (Lipinski definition) is 4. The number of aromatic amines is 1. The van der Waals surface area contributed by atoms with Crippen molar-refractivity contribution in [1.82, 2.24) is 4.98 Å². The van der Waals surface area contributed by atoms with Gasteiger partial charge in [-0.05, 0) is 73.1 Å². The minimum absolute atomic E-state index is 0.0436. The second-order valence-corrected chi connectivity index (χ2v) is 11.3. The fourth-order valence-corrected chi connectivity index (χ4v) is 6.53. The molecule has 180 valence electrons. The van der Waals surface area contributed by atoms with Crippen LogP contribution in [0.5, 0.6) is 0 Å². The molecule has 0 aliphatic heterocycles. The van der Waals surface area contributed by atoms with Gasteiger partial charge in [0.25, 0.3) is 5.24 Å². The number of aryl methyl sites for hydroxylation is 1. The number of carbonyl (C=O) groups excluding carboxylic acids is 1. The molecule has 5 rings (SSSR count). The number of halogens is 1. The predicted molar refractivity (Wildman–Crippen MR) is 141 cm³/mol. The van der Waals surface area contributed by atoms with E-state index in [4.69, 9.17) is 5.73 Å². The summed E-state index contributed by atoms with van der Waals surface area (Å²) in [6, 6.07) is 9.42. The zero-order chi connectivity index (χ0) is 23.7. The van der Waals surface area contributed by atoms with E-state index in [1.807, 2.05) is 24.3 Å². The Labute approximate surface area is 204 Å². The van der Waals surface area contributed by atoms with Crippen LogP contribution < -0.4 is 16.4 Å². The van der Waals surface area contributed by atoms with Crippen LogP contribution in [0.4, 0.5) is 26.2 Å². The molecule has 34 heavy (non-hydrogen) atoms. The Kier molecular flexibility index (Phi) is 6.73. The van der Waals surface area contributed by atoms with Gasteiger partial charge in [-0.3, -0.25) is 4.79 Å². The lowest BCUT2D eigenvalue weighted by Gasteiger charge is -2.28. The van der Waals surface area contributed by atoms with E-state index in [1.165, 1.54) is 49.1 Å². The third-order valence-electron chi connectivity index (χ3n) is 7.26. The van der Waals surface area contributed by atoms with Crippen LogP contribution in [0.2, 0.25) is 0 Å². The number of hydrogen-bond acceptors (Lipinski definition) is 4. The Hall–Kier alpha value is -2.67. The van der Waals surface area contributed by atoms with Gasteiger partial charge in [-0.1, -0.05) is 44.4 Å². The Morgan fingerprint density at radius 3 is 2.85 bits per heavy atom. The van der Waals surface area contributed by atoms with Gasteiger partial charge >= 0.3 is 0 Å². The second kappa shape index (κ2) is 9.90. The monoisotopic (exact) mass is 480 g/mol. The number of carbonyl (C=O) groups is 1. The van der Waals surface area contributed by atoms with Crippen molar-refractivity contribution in [2.75, 3.05) is 16.4 Å². The Morgan fingerprint density at radius 1 is 1.21 bits per heavy atom. The van der Waals surface area contributed by atoms with Gasteiger partial charge in [0.1, 0.15) is 5.82 Å². The van der Waals surface area contributed by atoms with Crippen LogP contribution in [0.15, 0.2) is 36.5 Å². The molecule has 0 bridgehead atoms. The van der Waals surface area contributed by atoms with Gasteiger partial charge in [0.15, 0.2) is 0 Å². The van der Waals surface area contributed by atoms with Crippen LogP contribution in [0.1, 0.15) is 69.0 Å². The highest BCUT2D eigenvalue weighted by atomic mass is 32.2. The number of amides is 1. The van der Waals surface area contributed by atoms with E-state index in [0.29, 0.717) is 22.1 Å². The summed E-state index contributed by atoms with van der Waals surface area (Å²) in [6.07, 6.45) is 11.0. The molecular formula is C27H33FN4OS. The standard InChI is InChI=1S/C27H33FN4OS/c1-16(11-17-5-2-3-6-17)34-27(33)32-25-13-18-7-4-8-24(21(18)15-23(25)29)31-20-12-19-9-10-30-26(19)22(28)14-20/h9-10,12-17,24,30-31H,2-8,11,29H2,1H3,(H,32,33). The van der Waals surface area contributed by atoms with Crippen molar-refractivity contribution in [3.63, 3.8) is 0 Å². The van der Waals surface area contributed by atoms with Crippen molar-refractivity contribution in [2.24, 2.45) is 5.92 Å². The van der Waals surface area contributed by atoms with Crippen molar-refractivity contribution in [2.45, 2.75) is 69.6 Å². The van der Waals surface area contributed by atoms with Crippen LogP contribution in [-0.2, 0) is 6.42 Å². The molecule has 0 spiro atoms. The van der Waals surface area contributed by atoms with E-state index >= 15 is 0 Å². The molecule has 2 aliphatic rings. The third-order valence-corrected chi connectivity index (χ3v) is 8.17. The molecule has 0 radical (unpaired) electrons. The summed E-state index contributed by atoms with van der Waals surface area (Å²) in [6.45, 7) is 2.14. The number of benzene rings is 2. The number of nitrogens with two attached hydrogens (primary N) is 1. The highest BCUT2D eigenvalue weighted by Gasteiger charge is 2.24. The highest BCUT2D eigenvalue weighted by molar-refractivity contribution is 8.14. The largest absolute Gasteiger partial charge is 0.397 e. The van der Waals surface area contributed by atoms with Crippen molar-refractivity contribution >= 4 is 45.0 Å². The first-order valence-electron chi connectivity index (χ1n) is 12.4. The topological polar surface area (TPSA) is 82.9 Å². The summed E-state index contributed by atoms with van der Waals surface area (Å²) in [7, 11) is 0. The van der Waals surface area contributed by atoms with Crippen LogP contribution in [0.3, 0.4) is 0 Å². The van der Waals surface area contributed by atoms with Crippen LogP contribution in [0, 0.1) is 11.7 Å². The highest BCUT2D eigenvalue weighted by Crippen LogP contribution is 2.38. The molecule has 1 amide bonds. The molecule has 5 nitrogen and oxygen atoms in total. The average molecular weight is 481 g/mol. The Balaban J connectivity index is 1.27. The normalized spacial score (nSPS) is 19.2. The van der Waals surface area contributed by atoms with Gasteiger partial charge in [-0.25, -0.2) is 4.39 Å². The summed E-state index contributed by atoms with van der Waals surface area (Å²) < 4.78 is 14.4. The molecule has 1 aromatic heterocycles. The molecular weight excluding hydrogens is 447 g/mol. The average Bonchev–Trinajstić information content (AvgIpc) is 3.47. The van der Waals surface area contributed by atoms with Crippen LogP contribution in [0.25, 0.3) is 10.9 Å². The van der Waals surface area contributed by atoms with Crippen molar-refractivity contribution in [1.29, 1.82) is 0 Å². The predicted octanol–water partition coefficient (Wildman–Crippen LogP) is 7.61. The molecule has 0 saturated heterocycles. The molecule has 3 aromatic rings. The minimum atomic E-state index is -0.265. The van der Waals surface area contributed by atoms with E-state index in [2.05, 4.69) is 22.5 Å². The first-order chi connectivity index (χ1) is 16.5. The minimum Gasteiger partial charge on any atom is -0.397 e. The summed E-state index contributed by atoms with van der Waals surface area (Å²) in [5, 5.41) is 7.64. The van der Waals surface area contributed by atoms with Crippen LogP contribution in [-0.4, -0.2) is 15.5 Å². The zero-order valence-electron chi connectivity index (χ0n) is 19.6. The number of fused-ring (bicyclic) bond motifs is 2. The van der Waals surface area contributed by atoms with Crippen molar-refractivity contribution in [3.05, 3.63) is 53.5 Å². The lowest BCUT2D eigenvalue weighted by molar-refractivity contribution is 0.269.